The fourth-order valence-electron chi connectivity index (χ4n) is 6.11. The Labute approximate surface area is 290 Å². The molecule has 5 N–H and O–H groups in total. The molecule has 6 atom stereocenters. The van der Waals surface area contributed by atoms with Crippen molar-refractivity contribution in [1.82, 2.24) is 31.5 Å². The van der Waals surface area contributed by atoms with Crippen molar-refractivity contribution >= 4 is 47.2 Å². The van der Waals surface area contributed by atoms with Crippen LogP contribution in [0.15, 0.2) is 48.5 Å². The lowest BCUT2D eigenvalue weighted by Crippen LogP contribution is -2.59. The summed E-state index contributed by atoms with van der Waals surface area (Å²) in [5.41, 5.74) is 0.948. The van der Waals surface area contributed by atoms with E-state index in [9.17, 15) is 33.2 Å². The Morgan fingerprint density at radius 1 is 0.959 bits per heavy atom. The van der Waals surface area contributed by atoms with Gasteiger partial charge in [0.1, 0.15) is 30.0 Å². The van der Waals surface area contributed by atoms with Crippen molar-refractivity contribution in [3.63, 3.8) is 0 Å². The lowest BCUT2D eigenvalue weighted by Gasteiger charge is -2.32. The highest BCUT2D eigenvalue weighted by molar-refractivity contribution is 7.98. The standard InChI is InChI=1S/C35H45FN6O6S/c1-19(2)30-35(48)42-18-23(38-34(47)29-20(3)10-9-13-24(29)36)16-27(42)33(46)37-21(4)31(44)40-26(22-11-7-6-8-12-22)17-28(43)39-25(14-15-49-5)32(45)41-30/h6-13,19,21,23,25-27,30H,14-18H2,1-5H3,(H,37,46)(H,38,47)(H,39,43)(H,40,44)(H,41,45)/t21-,23-,25-,26-,27-,30-/m0/s1. The minimum absolute atomic E-state index is 0.0110. The average molecular weight is 697 g/mol. The molecule has 264 valence electrons. The molecule has 4 rings (SSSR count). The van der Waals surface area contributed by atoms with Gasteiger partial charge in [-0.2, -0.15) is 11.8 Å². The van der Waals surface area contributed by atoms with E-state index in [1.165, 1.54) is 35.7 Å². The van der Waals surface area contributed by atoms with Crippen LogP contribution in [0.1, 0.15) is 67.6 Å². The van der Waals surface area contributed by atoms with Gasteiger partial charge in [0.05, 0.1) is 18.0 Å². The topological polar surface area (TPSA) is 166 Å². The molecule has 6 amide bonds. The number of thioether (sulfide) groups is 1. The minimum atomic E-state index is -1.11. The third-order valence-electron chi connectivity index (χ3n) is 8.82. The normalized spacial score (nSPS) is 25.6. The van der Waals surface area contributed by atoms with E-state index in [4.69, 9.17) is 0 Å². The Kier molecular flexibility index (Phi) is 12.8. The van der Waals surface area contributed by atoms with Crippen LogP contribution in [0, 0.1) is 18.7 Å². The van der Waals surface area contributed by atoms with Crippen LogP contribution in [0.3, 0.4) is 0 Å². The summed E-state index contributed by atoms with van der Waals surface area (Å²) in [5, 5.41) is 13.9. The molecule has 0 saturated carbocycles. The second kappa shape index (κ2) is 16.8. The van der Waals surface area contributed by atoms with Crippen molar-refractivity contribution in [3.05, 3.63) is 71.0 Å². The van der Waals surface area contributed by atoms with Gasteiger partial charge < -0.3 is 31.5 Å². The number of amides is 6. The first-order chi connectivity index (χ1) is 23.3. The van der Waals surface area contributed by atoms with E-state index in [1.54, 1.807) is 57.2 Å². The van der Waals surface area contributed by atoms with E-state index in [1.807, 2.05) is 6.26 Å². The molecule has 12 nitrogen and oxygen atoms in total. The number of hydrogen-bond donors (Lipinski definition) is 5. The molecule has 2 saturated heterocycles. The molecule has 0 bridgehead atoms. The molecular weight excluding hydrogens is 651 g/mol. The lowest BCUT2D eigenvalue weighted by molar-refractivity contribution is -0.143. The van der Waals surface area contributed by atoms with Gasteiger partial charge in [0.25, 0.3) is 5.91 Å². The van der Waals surface area contributed by atoms with E-state index in [-0.39, 0.29) is 31.4 Å². The Morgan fingerprint density at radius 3 is 2.33 bits per heavy atom. The molecule has 49 heavy (non-hydrogen) atoms. The molecule has 2 aliphatic heterocycles. The van der Waals surface area contributed by atoms with Gasteiger partial charge in [-0.3, -0.25) is 28.8 Å². The van der Waals surface area contributed by atoms with Crippen LogP contribution in [0.5, 0.6) is 0 Å². The van der Waals surface area contributed by atoms with Crippen molar-refractivity contribution in [2.75, 3.05) is 18.6 Å². The number of aryl methyl sites for hydroxylation is 1. The van der Waals surface area contributed by atoms with Crippen LogP contribution < -0.4 is 26.6 Å². The van der Waals surface area contributed by atoms with Gasteiger partial charge in [0, 0.05) is 12.6 Å². The quantitative estimate of drug-likeness (QED) is 0.295. The molecule has 14 heteroatoms. The second-order valence-corrected chi connectivity index (χ2v) is 13.9. The van der Waals surface area contributed by atoms with Crippen molar-refractivity contribution in [3.8, 4) is 0 Å². The zero-order valence-electron chi connectivity index (χ0n) is 28.4. The van der Waals surface area contributed by atoms with Gasteiger partial charge in [-0.25, -0.2) is 4.39 Å². The molecule has 2 heterocycles. The Balaban J connectivity index is 1.69. The van der Waals surface area contributed by atoms with E-state index < -0.39 is 83.4 Å². The zero-order valence-corrected chi connectivity index (χ0v) is 29.2. The van der Waals surface area contributed by atoms with Crippen molar-refractivity contribution < 1.29 is 33.2 Å². The Hall–Kier alpha value is -4.46. The summed E-state index contributed by atoms with van der Waals surface area (Å²) in [7, 11) is 0. The van der Waals surface area contributed by atoms with Crippen LogP contribution in [-0.2, 0) is 24.0 Å². The summed E-state index contributed by atoms with van der Waals surface area (Å²) in [6.45, 7) is 6.50. The summed E-state index contributed by atoms with van der Waals surface area (Å²) < 4.78 is 14.6. The zero-order chi connectivity index (χ0) is 35.8. The molecule has 0 aliphatic carbocycles. The minimum Gasteiger partial charge on any atom is -0.347 e. The summed E-state index contributed by atoms with van der Waals surface area (Å²) in [6.07, 6.45) is 1.97. The SMILES string of the molecule is CSCC[C@@H]1NC(=O)C[C@@H](c2ccccc2)NC(=O)[C@H](C)NC(=O)[C@@H]2C[C@H](NC(=O)c3c(C)cccc3F)CN2C(=O)[C@H](C(C)C)NC1=O. The number of hydrogen-bond acceptors (Lipinski definition) is 7. The highest BCUT2D eigenvalue weighted by Crippen LogP contribution is 2.24. The molecule has 0 radical (unpaired) electrons. The predicted octanol–water partition coefficient (Wildman–Crippen LogP) is 1.98. The van der Waals surface area contributed by atoms with Crippen LogP contribution in [0.4, 0.5) is 4.39 Å². The first-order valence-electron chi connectivity index (χ1n) is 16.4. The Bertz CT molecular complexity index is 1540. The fourth-order valence-corrected chi connectivity index (χ4v) is 6.58. The number of carbonyl (C=O) groups excluding carboxylic acids is 6. The second-order valence-electron chi connectivity index (χ2n) is 12.9. The van der Waals surface area contributed by atoms with Crippen molar-refractivity contribution in [1.29, 1.82) is 0 Å². The summed E-state index contributed by atoms with van der Waals surface area (Å²) in [6, 6.07) is 7.45. The van der Waals surface area contributed by atoms with Gasteiger partial charge in [-0.1, -0.05) is 56.3 Å². The molecule has 0 unspecified atom stereocenters. The Morgan fingerprint density at radius 2 is 1.67 bits per heavy atom. The molecule has 0 spiro atoms. The molecular formula is C35H45FN6O6S. The number of rotatable bonds is 7. The van der Waals surface area contributed by atoms with Crippen LogP contribution in [-0.4, -0.2) is 89.1 Å². The maximum Gasteiger partial charge on any atom is 0.254 e. The van der Waals surface area contributed by atoms with Crippen LogP contribution in [0.2, 0.25) is 0 Å². The van der Waals surface area contributed by atoms with Gasteiger partial charge in [0.2, 0.25) is 29.5 Å². The predicted molar refractivity (Wildman–Crippen MR) is 184 cm³/mol. The van der Waals surface area contributed by atoms with E-state index in [0.717, 1.165) is 0 Å². The molecule has 2 aromatic carbocycles. The maximum atomic E-state index is 14.6. The highest BCUT2D eigenvalue weighted by atomic mass is 32.2. The van der Waals surface area contributed by atoms with Crippen LogP contribution >= 0.6 is 11.8 Å². The molecule has 2 aromatic rings. The van der Waals surface area contributed by atoms with Crippen LogP contribution in [0.25, 0.3) is 0 Å². The molecule has 2 aliphatic rings. The van der Waals surface area contributed by atoms with Gasteiger partial charge in [-0.05, 0) is 61.8 Å². The van der Waals surface area contributed by atoms with E-state index in [0.29, 0.717) is 16.9 Å². The van der Waals surface area contributed by atoms with Gasteiger partial charge in [-0.15, -0.1) is 0 Å². The number of halogens is 1. The van der Waals surface area contributed by atoms with Gasteiger partial charge >= 0.3 is 0 Å². The number of fused-ring (bicyclic) bond motifs is 1. The summed E-state index contributed by atoms with van der Waals surface area (Å²) in [4.78, 5) is 83.0. The number of nitrogens with zero attached hydrogens (tertiary/aromatic N) is 1. The number of carbonyl (C=O) groups is 6. The first-order valence-corrected chi connectivity index (χ1v) is 17.8. The van der Waals surface area contributed by atoms with E-state index in [2.05, 4.69) is 26.6 Å². The summed E-state index contributed by atoms with van der Waals surface area (Å²) in [5.74, 6) is -4.06. The maximum absolute atomic E-state index is 14.6. The molecule has 2 fully saturated rings. The molecule has 0 aromatic heterocycles. The summed E-state index contributed by atoms with van der Waals surface area (Å²) >= 11 is 1.50. The van der Waals surface area contributed by atoms with E-state index >= 15 is 0 Å². The first kappa shape index (κ1) is 37.4. The lowest BCUT2D eigenvalue weighted by atomic mass is 10.0. The fraction of sp³-hybridized carbons (Fsp3) is 0.486. The highest BCUT2D eigenvalue weighted by Gasteiger charge is 2.44. The van der Waals surface area contributed by atoms with Gasteiger partial charge in [0.15, 0.2) is 0 Å². The monoisotopic (exact) mass is 696 g/mol. The largest absolute Gasteiger partial charge is 0.347 e. The number of benzene rings is 2. The number of nitrogens with one attached hydrogen (secondary N) is 5. The average Bonchev–Trinajstić information content (AvgIpc) is 3.48. The smallest absolute Gasteiger partial charge is 0.254 e. The third kappa shape index (κ3) is 9.37. The van der Waals surface area contributed by atoms with Crippen molar-refractivity contribution in [2.24, 2.45) is 5.92 Å². The third-order valence-corrected chi connectivity index (χ3v) is 9.47. The van der Waals surface area contributed by atoms with Crippen molar-refractivity contribution in [2.45, 2.75) is 83.2 Å².